The summed E-state index contributed by atoms with van der Waals surface area (Å²) in [5.74, 6) is -3.84. The summed E-state index contributed by atoms with van der Waals surface area (Å²) in [7, 11) is -15.0. The van der Waals surface area contributed by atoms with Gasteiger partial charge in [0.05, 0.1) is 79.9 Å². The molecule has 131 heavy (non-hydrogen) atoms. The molecule has 3 aliphatic rings. The van der Waals surface area contributed by atoms with Gasteiger partial charge in [0.15, 0.2) is 11.6 Å². The lowest BCUT2D eigenvalue weighted by atomic mass is 10.1. The number of sulfonamides is 4. The molecule has 3 fully saturated rings. The highest BCUT2D eigenvalue weighted by Gasteiger charge is 2.37. The molecule has 38 heteroatoms. The van der Waals surface area contributed by atoms with Gasteiger partial charge in [0.2, 0.25) is 40.1 Å². The quantitative estimate of drug-likeness (QED) is 0.0195. The summed E-state index contributed by atoms with van der Waals surface area (Å²) < 4.78 is 149. The number of hydrogen-bond donors (Lipinski definition) is 8. The van der Waals surface area contributed by atoms with Crippen molar-refractivity contribution >= 4 is 80.8 Å². The number of hydrogen-bond acceptors (Lipinski definition) is 18. The molecule has 0 radical (unpaired) electrons. The molecule has 4 amide bonds. The van der Waals surface area contributed by atoms with Crippen molar-refractivity contribution in [2.24, 2.45) is 0 Å². The van der Waals surface area contributed by atoms with Crippen molar-refractivity contribution in [3.63, 3.8) is 0 Å². The van der Waals surface area contributed by atoms with E-state index in [0.717, 1.165) is 12.1 Å². The van der Waals surface area contributed by atoms with Crippen LogP contribution in [0.15, 0.2) is 262 Å². The predicted molar refractivity (Wildman–Crippen MR) is 502 cm³/mol. The van der Waals surface area contributed by atoms with Crippen LogP contribution in [0.25, 0.3) is 50.8 Å². The first-order chi connectivity index (χ1) is 63.1. The van der Waals surface area contributed by atoms with E-state index >= 15 is 0 Å². The molecule has 12 aromatic rings. The number of amides is 4. The molecular weight excluding hydrogens is 1760 g/mol. The Kier molecular flexibility index (Phi) is 31.6. The predicted octanol–water partition coefficient (Wildman–Crippen LogP) is 9.24. The normalized spacial score (nSPS) is 13.7. The Balaban J connectivity index is 0.000000167. The maximum Gasteiger partial charge on any atom is 0.334 e. The Hall–Kier alpha value is -13.2. The van der Waals surface area contributed by atoms with Crippen LogP contribution in [0.4, 0.5) is 25.8 Å². The van der Waals surface area contributed by atoms with Crippen molar-refractivity contribution in [3.8, 4) is 50.8 Å². The molecule has 3 saturated heterocycles. The summed E-state index contributed by atoms with van der Waals surface area (Å²) in [6.45, 7) is 10.9. The third kappa shape index (κ3) is 23.0. The van der Waals surface area contributed by atoms with Gasteiger partial charge in [0.25, 0.3) is 23.6 Å². The van der Waals surface area contributed by atoms with E-state index in [1.807, 2.05) is 42.5 Å². The van der Waals surface area contributed by atoms with Crippen LogP contribution in [0, 0.1) is 11.6 Å². The average molecular weight is 1870 g/mol. The van der Waals surface area contributed by atoms with Gasteiger partial charge >= 0.3 is 17.1 Å². The first-order valence-electron chi connectivity index (χ1n) is 43.0. The lowest BCUT2D eigenvalue weighted by Crippen LogP contribution is -2.47. The lowest BCUT2D eigenvalue weighted by molar-refractivity contribution is 0.0718. The van der Waals surface area contributed by atoms with Gasteiger partial charge in [-0.1, -0.05) is 191 Å². The maximum absolute atomic E-state index is 14.4. The number of nitrogens with one attached hydrogen (secondary N) is 8. The fourth-order valence-electron chi connectivity index (χ4n) is 15.7. The number of imidazole rings is 3. The number of para-hydroxylation sites is 6. The monoisotopic (exact) mass is 1860 g/mol. The van der Waals surface area contributed by atoms with Gasteiger partial charge in [-0.05, 0) is 97.6 Å². The molecule has 0 aliphatic carbocycles. The van der Waals surface area contributed by atoms with Crippen LogP contribution >= 0.6 is 0 Å². The zero-order valence-corrected chi connectivity index (χ0v) is 75.7. The van der Waals surface area contributed by atoms with E-state index in [1.165, 1.54) is 45.6 Å². The highest BCUT2D eigenvalue weighted by Crippen LogP contribution is 2.36. The first-order valence-corrected chi connectivity index (χ1v) is 49.4. The van der Waals surface area contributed by atoms with Crippen molar-refractivity contribution in [2.75, 3.05) is 123 Å². The molecule has 9 aromatic carbocycles. The first kappa shape index (κ1) is 95.4. The van der Waals surface area contributed by atoms with Gasteiger partial charge in [0, 0.05) is 127 Å². The SMILES string of the molecule is CCCS(=O)(=O)Nc1ccccc1-n1c(-c2ccccc2)c(C(=O)N2CCNCC2)n(CCNC(=O)c2ccccc2)c1=O.CCCS(=O)(=O)Nc1ccccc1-n1c(-c2ccccc2)c(C(=O)N2CCNCC2)n(CCNS(=O)(=O)c2ccccc2)c1=O.CCCS(=O)(=O)Nc1ccccc1-n1c(-c2ccccc2)c(C(=O)N2CCNCC2)n(Cc2ccc(F)c(F)c2)c1=O. The van der Waals surface area contributed by atoms with Crippen LogP contribution in [0.3, 0.4) is 0 Å². The van der Waals surface area contributed by atoms with Crippen molar-refractivity contribution in [1.82, 2.24) is 68.1 Å². The summed E-state index contributed by atoms with van der Waals surface area (Å²) in [6.07, 6.45) is 1.20. The van der Waals surface area contributed by atoms with Gasteiger partial charge in [-0.2, -0.15) is 0 Å². The molecular formula is C93H103F2N17O15S4. The van der Waals surface area contributed by atoms with Crippen molar-refractivity contribution in [2.45, 2.75) is 64.6 Å². The van der Waals surface area contributed by atoms with Gasteiger partial charge in [0.1, 0.15) is 17.1 Å². The molecule has 0 atom stereocenters. The number of halogens is 2. The number of carbonyl (C=O) groups excluding carboxylic acids is 4. The Labute approximate surface area is 758 Å². The maximum atomic E-state index is 14.4. The largest absolute Gasteiger partial charge is 0.350 e. The van der Waals surface area contributed by atoms with E-state index in [0.29, 0.717) is 126 Å². The molecule has 8 N–H and O–H groups in total. The van der Waals surface area contributed by atoms with E-state index in [9.17, 15) is 76.0 Å². The third-order valence-corrected chi connectivity index (χ3v) is 27.6. The van der Waals surface area contributed by atoms with E-state index < -0.39 is 74.7 Å². The summed E-state index contributed by atoms with van der Waals surface area (Å²) in [5, 5.41) is 12.5. The molecule has 688 valence electrons. The molecule has 3 aromatic heterocycles. The minimum absolute atomic E-state index is 0.0150. The standard InChI is InChI=1S/C32H36N6O5S.C31H36N6O6S2.C30H31F2N5O4S/c1-2-23-44(42,43)35-26-15-9-10-16-27(26)38-28(24-11-5-3-6-12-24)29(31(40)36-20-17-33-18-21-36)37(32(38)41)22-19-34-30(39)25-13-7-4-8-14-25;1-2-23-44(40,41)34-26-15-9-10-16-27(26)37-28(24-11-5-3-6-12-24)29(30(38)35-20-17-32-18-21-35)36(31(37)39)22-19-33-45(42,43)25-13-7-4-8-14-25;1-2-18-42(40,41)34-25-10-6-7-11-26(25)37-27(22-8-4-3-5-9-22)28(29(38)35-16-14-33-15-17-35)36(30(37)39)20-21-12-13-23(31)24(32)19-21/h3-16,33,35H,2,17-23H2,1H3,(H,34,39);3-16,32-34H,2,17-23H2,1H3;3-13,19,33-34H,2,14-18,20H2,1H3. The minimum atomic E-state index is -3.89. The molecule has 0 spiro atoms. The number of benzene rings is 9. The van der Waals surface area contributed by atoms with Crippen LogP contribution in [0.5, 0.6) is 0 Å². The van der Waals surface area contributed by atoms with Gasteiger partial charge in [-0.15, -0.1) is 0 Å². The number of anilines is 3. The molecule has 0 bridgehead atoms. The average Bonchev–Trinajstić information content (AvgIpc) is 1.60. The van der Waals surface area contributed by atoms with E-state index in [-0.39, 0.29) is 141 Å². The number of nitrogens with zero attached hydrogens (tertiary/aromatic N) is 9. The molecule has 6 heterocycles. The van der Waals surface area contributed by atoms with Crippen molar-refractivity contribution in [3.05, 3.63) is 314 Å². The molecule has 15 rings (SSSR count). The lowest BCUT2D eigenvalue weighted by Gasteiger charge is -2.28. The molecule has 0 saturated carbocycles. The zero-order chi connectivity index (χ0) is 93.0. The fraction of sp³-hybridized carbons (Fsp3) is 0.280. The fourth-order valence-corrected chi connectivity index (χ4v) is 20.1. The molecule has 3 aliphatic heterocycles. The number of aromatic nitrogens is 6. The molecule has 32 nitrogen and oxygen atoms in total. The Morgan fingerprint density at radius 1 is 0.366 bits per heavy atom. The van der Waals surface area contributed by atoms with Crippen LogP contribution in [-0.2, 0) is 59.7 Å². The number of carbonyl (C=O) groups is 4. The summed E-state index contributed by atoms with van der Waals surface area (Å²) >= 11 is 0. The van der Waals surface area contributed by atoms with Gasteiger partial charge in [-0.3, -0.25) is 60.7 Å². The van der Waals surface area contributed by atoms with Gasteiger partial charge in [-0.25, -0.2) is 61.6 Å². The van der Waals surface area contributed by atoms with Crippen molar-refractivity contribution < 1.29 is 61.6 Å². The second-order valence-corrected chi connectivity index (χ2v) is 38.2. The van der Waals surface area contributed by atoms with Crippen LogP contribution < -0.4 is 57.2 Å². The second kappa shape index (κ2) is 43.5. The van der Waals surface area contributed by atoms with E-state index in [1.54, 1.807) is 205 Å². The summed E-state index contributed by atoms with van der Waals surface area (Å²) in [4.78, 5) is 104. The highest BCUT2D eigenvalue weighted by molar-refractivity contribution is 7.93. The number of piperazine rings is 3. The number of rotatable bonds is 32. The Bertz CT molecular complexity index is 6750. The smallest absolute Gasteiger partial charge is 0.334 e. The van der Waals surface area contributed by atoms with Gasteiger partial charge < -0.3 is 36.0 Å². The van der Waals surface area contributed by atoms with Crippen molar-refractivity contribution in [1.29, 1.82) is 0 Å². The van der Waals surface area contributed by atoms with E-state index in [2.05, 4.69) is 40.2 Å². The topological polar surface area (TPSA) is 392 Å². The third-order valence-electron chi connectivity index (χ3n) is 21.7. The second-order valence-electron chi connectivity index (χ2n) is 31.0. The summed E-state index contributed by atoms with van der Waals surface area (Å²) in [5.41, 5.74) is 3.18. The van der Waals surface area contributed by atoms with Crippen LogP contribution in [0.1, 0.15) is 87.4 Å². The Morgan fingerprint density at radius 2 is 0.679 bits per heavy atom. The highest BCUT2D eigenvalue weighted by atomic mass is 32.2. The van der Waals surface area contributed by atoms with Crippen LogP contribution in [-0.4, -0.2) is 208 Å². The summed E-state index contributed by atoms with van der Waals surface area (Å²) in [6, 6.07) is 66.4. The molecule has 0 unspecified atom stereocenters. The minimum Gasteiger partial charge on any atom is -0.350 e. The van der Waals surface area contributed by atoms with Crippen LogP contribution in [0.2, 0.25) is 0 Å². The Morgan fingerprint density at radius 3 is 1.03 bits per heavy atom. The van der Waals surface area contributed by atoms with E-state index in [4.69, 9.17) is 0 Å². The zero-order valence-electron chi connectivity index (χ0n) is 72.4.